The molecule has 0 aliphatic heterocycles. The fraction of sp³-hybridized carbons (Fsp3) is 0.100. The van der Waals surface area contributed by atoms with Crippen molar-refractivity contribution in [3.05, 3.63) is 38.2 Å². The molecule has 0 saturated heterocycles. The summed E-state index contributed by atoms with van der Waals surface area (Å²) >= 11 is 3.99. The first kappa shape index (κ1) is 9.15. The second-order valence-electron chi connectivity index (χ2n) is 2.76. The second-order valence-corrected chi connectivity index (χ2v) is 5.07. The van der Waals surface area contributed by atoms with Crippen LogP contribution >= 0.6 is 33.9 Å². The van der Waals surface area contributed by atoms with Crippen LogP contribution in [0.1, 0.15) is 5.01 Å². The topological polar surface area (TPSA) is 12.9 Å². The molecule has 1 heterocycles. The smallest absolute Gasteiger partial charge is 0.0901 e. The van der Waals surface area contributed by atoms with Gasteiger partial charge in [0.05, 0.1) is 10.7 Å². The summed E-state index contributed by atoms with van der Waals surface area (Å²) in [4.78, 5) is 4.43. The molecular weight excluding hydrogens is 293 g/mol. The van der Waals surface area contributed by atoms with Gasteiger partial charge in [-0.25, -0.2) is 4.98 Å². The Morgan fingerprint density at radius 2 is 1.92 bits per heavy atom. The summed E-state index contributed by atoms with van der Waals surface area (Å²) in [6.45, 7) is 2.03. The van der Waals surface area contributed by atoms with E-state index in [4.69, 9.17) is 0 Å². The van der Waals surface area contributed by atoms with Crippen molar-refractivity contribution in [2.75, 3.05) is 0 Å². The first-order valence-electron chi connectivity index (χ1n) is 3.94. The van der Waals surface area contributed by atoms with E-state index in [2.05, 4.69) is 57.2 Å². The lowest BCUT2D eigenvalue weighted by Crippen LogP contribution is -1.78. The van der Waals surface area contributed by atoms with Crippen LogP contribution in [0.4, 0.5) is 0 Å². The van der Waals surface area contributed by atoms with Gasteiger partial charge in [0, 0.05) is 14.5 Å². The van der Waals surface area contributed by atoms with Gasteiger partial charge in [-0.3, -0.25) is 0 Å². The molecule has 0 radical (unpaired) electrons. The van der Waals surface area contributed by atoms with Crippen LogP contribution < -0.4 is 0 Å². The number of benzene rings is 1. The molecule has 1 nitrogen and oxygen atoms in total. The van der Waals surface area contributed by atoms with E-state index in [9.17, 15) is 0 Å². The second kappa shape index (κ2) is 3.75. The van der Waals surface area contributed by atoms with Crippen LogP contribution in [0.5, 0.6) is 0 Å². The minimum Gasteiger partial charge on any atom is -0.242 e. The number of hydrogen-bond acceptors (Lipinski definition) is 2. The lowest BCUT2D eigenvalue weighted by atomic mass is 10.2. The maximum atomic E-state index is 4.43. The molecule has 13 heavy (non-hydrogen) atoms. The third kappa shape index (κ3) is 2.08. The molecule has 1 aromatic carbocycles. The Labute approximate surface area is 95.0 Å². The van der Waals surface area contributed by atoms with E-state index >= 15 is 0 Å². The Kier molecular flexibility index (Phi) is 2.64. The van der Waals surface area contributed by atoms with Gasteiger partial charge >= 0.3 is 0 Å². The maximum Gasteiger partial charge on any atom is 0.0901 e. The van der Waals surface area contributed by atoms with Gasteiger partial charge in [-0.2, -0.15) is 0 Å². The average Bonchev–Trinajstić information content (AvgIpc) is 2.53. The van der Waals surface area contributed by atoms with Crippen LogP contribution in [-0.2, 0) is 0 Å². The molecule has 1 aromatic heterocycles. The van der Waals surface area contributed by atoms with Gasteiger partial charge in [0.15, 0.2) is 0 Å². The third-order valence-corrected chi connectivity index (χ3v) is 3.25. The van der Waals surface area contributed by atoms with Gasteiger partial charge in [0.2, 0.25) is 0 Å². The van der Waals surface area contributed by atoms with Crippen LogP contribution in [0.15, 0.2) is 29.6 Å². The molecule has 66 valence electrons. The first-order chi connectivity index (χ1) is 6.25. The molecular formula is C10H8INS. The monoisotopic (exact) mass is 301 g/mol. The number of aromatic nitrogens is 1. The minimum absolute atomic E-state index is 1.08. The van der Waals surface area contributed by atoms with E-state index in [0.717, 1.165) is 10.7 Å². The Morgan fingerprint density at radius 3 is 2.46 bits per heavy atom. The standard InChI is InChI=1S/C10H8INS/c1-7-12-10(6-13-7)8-2-4-9(11)5-3-8/h2-6H,1H3. The molecule has 0 aliphatic carbocycles. The summed E-state index contributed by atoms with van der Waals surface area (Å²) in [5.74, 6) is 0. The van der Waals surface area contributed by atoms with E-state index in [-0.39, 0.29) is 0 Å². The van der Waals surface area contributed by atoms with Gasteiger partial charge in [-0.1, -0.05) is 12.1 Å². The maximum absolute atomic E-state index is 4.43. The van der Waals surface area contributed by atoms with Gasteiger partial charge in [-0.15, -0.1) is 11.3 Å². The summed E-state index contributed by atoms with van der Waals surface area (Å²) in [6.07, 6.45) is 0. The summed E-state index contributed by atoms with van der Waals surface area (Å²) < 4.78 is 1.26. The van der Waals surface area contributed by atoms with Crippen molar-refractivity contribution in [3.8, 4) is 11.3 Å². The SMILES string of the molecule is Cc1nc(-c2ccc(I)cc2)cs1. The molecule has 2 aromatic rings. The number of nitrogens with zero attached hydrogens (tertiary/aromatic N) is 1. The Morgan fingerprint density at radius 1 is 1.23 bits per heavy atom. The highest BCUT2D eigenvalue weighted by Crippen LogP contribution is 2.21. The van der Waals surface area contributed by atoms with E-state index in [1.807, 2.05) is 6.92 Å². The van der Waals surface area contributed by atoms with Crippen LogP contribution in [0.25, 0.3) is 11.3 Å². The van der Waals surface area contributed by atoms with Gasteiger partial charge in [-0.05, 0) is 41.6 Å². The van der Waals surface area contributed by atoms with Gasteiger partial charge in [0.1, 0.15) is 0 Å². The minimum atomic E-state index is 1.08. The molecule has 0 aliphatic rings. The zero-order chi connectivity index (χ0) is 9.26. The average molecular weight is 301 g/mol. The Bertz CT molecular complexity index is 405. The van der Waals surface area contributed by atoms with Crippen LogP contribution in [0.2, 0.25) is 0 Å². The molecule has 0 fully saturated rings. The van der Waals surface area contributed by atoms with E-state index < -0.39 is 0 Å². The lowest BCUT2D eigenvalue weighted by Gasteiger charge is -1.95. The largest absolute Gasteiger partial charge is 0.242 e. The molecule has 0 amide bonds. The van der Waals surface area contributed by atoms with E-state index in [1.165, 1.54) is 9.13 Å². The number of rotatable bonds is 1. The number of halogens is 1. The van der Waals surface area contributed by atoms with Crippen molar-refractivity contribution in [1.82, 2.24) is 4.98 Å². The van der Waals surface area contributed by atoms with Crippen molar-refractivity contribution in [1.29, 1.82) is 0 Å². The van der Waals surface area contributed by atoms with Crippen molar-refractivity contribution in [2.45, 2.75) is 6.92 Å². The molecule has 0 saturated carbocycles. The molecule has 2 rings (SSSR count). The fourth-order valence-electron chi connectivity index (χ4n) is 1.12. The number of aryl methyl sites for hydroxylation is 1. The number of thiazole rings is 1. The molecule has 0 N–H and O–H groups in total. The quantitative estimate of drug-likeness (QED) is 0.732. The van der Waals surface area contributed by atoms with E-state index in [0.29, 0.717) is 0 Å². The first-order valence-corrected chi connectivity index (χ1v) is 5.89. The Hall–Kier alpha value is -0.420. The zero-order valence-corrected chi connectivity index (χ0v) is 10.1. The summed E-state index contributed by atoms with van der Waals surface area (Å²) in [6, 6.07) is 8.42. The highest BCUT2D eigenvalue weighted by molar-refractivity contribution is 14.1. The normalized spacial score (nSPS) is 10.3. The number of hydrogen-bond donors (Lipinski definition) is 0. The van der Waals surface area contributed by atoms with E-state index in [1.54, 1.807) is 11.3 Å². The lowest BCUT2D eigenvalue weighted by molar-refractivity contribution is 1.30. The van der Waals surface area contributed by atoms with Crippen molar-refractivity contribution in [2.24, 2.45) is 0 Å². The van der Waals surface area contributed by atoms with Crippen LogP contribution in [0.3, 0.4) is 0 Å². The van der Waals surface area contributed by atoms with Crippen LogP contribution in [0, 0.1) is 10.5 Å². The van der Waals surface area contributed by atoms with Crippen molar-refractivity contribution < 1.29 is 0 Å². The van der Waals surface area contributed by atoms with Gasteiger partial charge < -0.3 is 0 Å². The molecule has 0 unspecified atom stereocenters. The zero-order valence-electron chi connectivity index (χ0n) is 7.12. The van der Waals surface area contributed by atoms with Crippen molar-refractivity contribution >= 4 is 33.9 Å². The molecule has 3 heteroatoms. The fourth-order valence-corrected chi connectivity index (χ4v) is 2.10. The predicted octanol–water partition coefficient (Wildman–Crippen LogP) is 3.72. The molecule has 0 bridgehead atoms. The predicted molar refractivity (Wildman–Crippen MR) is 65.0 cm³/mol. The highest BCUT2D eigenvalue weighted by atomic mass is 127. The summed E-state index contributed by atoms with van der Waals surface area (Å²) in [5, 5.41) is 3.21. The summed E-state index contributed by atoms with van der Waals surface area (Å²) in [7, 11) is 0. The van der Waals surface area contributed by atoms with Crippen LogP contribution in [-0.4, -0.2) is 4.98 Å². The molecule has 0 spiro atoms. The molecule has 0 atom stereocenters. The van der Waals surface area contributed by atoms with Gasteiger partial charge in [0.25, 0.3) is 0 Å². The highest BCUT2D eigenvalue weighted by Gasteiger charge is 2.00. The third-order valence-electron chi connectivity index (χ3n) is 1.76. The summed E-state index contributed by atoms with van der Waals surface area (Å²) in [5.41, 5.74) is 2.28. The Balaban J connectivity index is 2.41. The van der Waals surface area contributed by atoms with Crippen molar-refractivity contribution in [3.63, 3.8) is 0 Å².